The van der Waals surface area contributed by atoms with E-state index in [0.717, 1.165) is 29.8 Å². The summed E-state index contributed by atoms with van der Waals surface area (Å²) in [6.45, 7) is 9.21. The number of para-hydroxylation sites is 1. The number of fused-ring (bicyclic) bond motifs is 1. The normalized spacial score (nSPS) is 18.6. The number of nitrogens with zero attached hydrogens (tertiary/aromatic N) is 1. The van der Waals surface area contributed by atoms with Gasteiger partial charge < -0.3 is 15.0 Å². The van der Waals surface area contributed by atoms with Gasteiger partial charge in [0.25, 0.3) is 5.91 Å². The van der Waals surface area contributed by atoms with E-state index in [-0.39, 0.29) is 5.91 Å². The van der Waals surface area contributed by atoms with Crippen molar-refractivity contribution in [3.63, 3.8) is 0 Å². The lowest BCUT2D eigenvalue weighted by Gasteiger charge is -2.46. The molecule has 4 heteroatoms. The topological polar surface area (TPSA) is 41.6 Å². The largest absolute Gasteiger partial charge is 0.494 e. The van der Waals surface area contributed by atoms with Crippen molar-refractivity contribution in [1.82, 2.24) is 4.90 Å². The molecule has 142 valence electrons. The van der Waals surface area contributed by atoms with Crippen LogP contribution in [0.15, 0.2) is 61.2 Å². The Labute approximate surface area is 161 Å². The summed E-state index contributed by atoms with van der Waals surface area (Å²) in [5.41, 5.74) is 1.84. The van der Waals surface area contributed by atoms with E-state index in [2.05, 4.69) is 18.8 Å². The fraction of sp³-hybridized carbons (Fsp3) is 0.348. The number of carbonyl (C=O) groups is 1. The fourth-order valence-electron chi connectivity index (χ4n) is 3.51. The van der Waals surface area contributed by atoms with E-state index in [1.807, 2.05) is 60.4 Å². The number of rotatable bonds is 8. The van der Waals surface area contributed by atoms with Crippen molar-refractivity contribution >= 4 is 11.6 Å². The molecule has 0 bridgehead atoms. The van der Waals surface area contributed by atoms with E-state index in [0.29, 0.717) is 18.7 Å². The summed E-state index contributed by atoms with van der Waals surface area (Å²) in [7, 11) is 0. The van der Waals surface area contributed by atoms with Gasteiger partial charge in [0.05, 0.1) is 12.2 Å². The molecule has 2 aromatic carbocycles. The fourth-order valence-corrected chi connectivity index (χ4v) is 3.51. The van der Waals surface area contributed by atoms with Crippen LogP contribution in [0.4, 0.5) is 5.69 Å². The Hall–Kier alpha value is -2.75. The lowest BCUT2D eigenvalue weighted by molar-refractivity contribution is 0.0572. The quantitative estimate of drug-likeness (QED) is 0.518. The van der Waals surface area contributed by atoms with Crippen LogP contribution in [0.25, 0.3) is 0 Å². The van der Waals surface area contributed by atoms with Gasteiger partial charge in [0, 0.05) is 17.8 Å². The third kappa shape index (κ3) is 3.85. The lowest BCUT2D eigenvalue weighted by Crippen LogP contribution is -2.55. The van der Waals surface area contributed by atoms with Gasteiger partial charge in [-0.2, -0.15) is 0 Å². The third-order valence-corrected chi connectivity index (χ3v) is 5.04. The zero-order valence-electron chi connectivity index (χ0n) is 16.2. The Bertz CT molecular complexity index is 818. The Balaban J connectivity index is 1.93. The highest BCUT2D eigenvalue weighted by atomic mass is 16.5. The van der Waals surface area contributed by atoms with Crippen LogP contribution >= 0.6 is 0 Å². The zero-order chi connectivity index (χ0) is 19.3. The van der Waals surface area contributed by atoms with Gasteiger partial charge in [-0.25, -0.2) is 0 Å². The van der Waals surface area contributed by atoms with Gasteiger partial charge in [-0.1, -0.05) is 50.1 Å². The van der Waals surface area contributed by atoms with E-state index in [9.17, 15) is 4.79 Å². The smallest absolute Gasteiger partial charge is 0.258 e. The molecule has 1 aliphatic heterocycles. The number of benzene rings is 2. The second kappa shape index (κ2) is 8.30. The summed E-state index contributed by atoms with van der Waals surface area (Å²) >= 11 is 0. The molecule has 0 aliphatic carbocycles. The molecule has 0 fully saturated rings. The molecule has 1 unspecified atom stereocenters. The highest BCUT2D eigenvalue weighted by molar-refractivity contribution is 6.02. The minimum Gasteiger partial charge on any atom is -0.494 e. The van der Waals surface area contributed by atoms with Crippen molar-refractivity contribution in [2.24, 2.45) is 0 Å². The summed E-state index contributed by atoms with van der Waals surface area (Å²) in [5.74, 6) is 0.831. The average Bonchev–Trinajstić information content (AvgIpc) is 2.69. The average molecular weight is 364 g/mol. The molecule has 1 N–H and O–H groups in total. The van der Waals surface area contributed by atoms with E-state index in [1.54, 1.807) is 6.08 Å². The molecule has 1 aliphatic rings. The van der Waals surface area contributed by atoms with Crippen LogP contribution < -0.4 is 10.1 Å². The van der Waals surface area contributed by atoms with E-state index < -0.39 is 5.66 Å². The summed E-state index contributed by atoms with van der Waals surface area (Å²) < 4.78 is 5.92. The molecule has 1 amide bonds. The molecule has 27 heavy (non-hydrogen) atoms. The maximum Gasteiger partial charge on any atom is 0.258 e. The maximum absolute atomic E-state index is 13.1. The number of amides is 1. The van der Waals surface area contributed by atoms with Crippen LogP contribution in [0.2, 0.25) is 0 Å². The highest BCUT2D eigenvalue weighted by Gasteiger charge is 2.41. The molecule has 0 radical (unpaired) electrons. The number of anilines is 1. The molecular formula is C23H28N2O2. The van der Waals surface area contributed by atoms with Crippen molar-refractivity contribution in [3.8, 4) is 5.75 Å². The summed E-state index contributed by atoms with van der Waals surface area (Å²) in [6.07, 6.45) is 5.14. The molecule has 0 aromatic heterocycles. The van der Waals surface area contributed by atoms with Gasteiger partial charge in [-0.15, -0.1) is 6.58 Å². The summed E-state index contributed by atoms with van der Waals surface area (Å²) in [4.78, 5) is 14.9. The van der Waals surface area contributed by atoms with Crippen LogP contribution in [0.1, 0.15) is 49.0 Å². The molecule has 0 spiro atoms. The van der Waals surface area contributed by atoms with E-state index >= 15 is 0 Å². The Morgan fingerprint density at radius 1 is 1.19 bits per heavy atom. The lowest BCUT2D eigenvalue weighted by atomic mass is 9.93. The van der Waals surface area contributed by atoms with Crippen LogP contribution in [0, 0.1) is 0 Å². The van der Waals surface area contributed by atoms with Crippen molar-refractivity contribution < 1.29 is 9.53 Å². The molecule has 0 saturated heterocycles. The minimum absolute atomic E-state index is 0.000942. The predicted octanol–water partition coefficient (Wildman–Crippen LogP) is 5.18. The Morgan fingerprint density at radius 2 is 2.00 bits per heavy atom. The Kier molecular flexibility index (Phi) is 5.84. The number of carbonyl (C=O) groups excluding carboxylic acids is 1. The highest BCUT2D eigenvalue weighted by Crippen LogP contribution is 2.38. The molecule has 3 rings (SSSR count). The minimum atomic E-state index is -0.678. The first kappa shape index (κ1) is 19.0. The summed E-state index contributed by atoms with van der Waals surface area (Å²) in [5, 5.41) is 3.56. The van der Waals surface area contributed by atoms with Gasteiger partial charge in [0.2, 0.25) is 0 Å². The van der Waals surface area contributed by atoms with Gasteiger partial charge >= 0.3 is 0 Å². The van der Waals surface area contributed by atoms with Crippen LogP contribution in [-0.2, 0) is 5.66 Å². The number of ether oxygens (including phenoxy) is 1. The van der Waals surface area contributed by atoms with Gasteiger partial charge in [0.15, 0.2) is 0 Å². The third-order valence-electron chi connectivity index (χ3n) is 5.04. The second-order valence-corrected chi connectivity index (χ2v) is 7.03. The SMILES string of the molecule is C=CCN1C(=O)c2ccccc2NC1(C)c1cccc(OCCCCC)c1. The van der Waals surface area contributed by atoms with Crippen molar-refractivity contribution in [2.45, 2.75) is 38.8 Å². The number of hydrogen-bond donors (Lipinski definition) is 1. The number of hydrogen-bond acceptors (Lipinski definition) is 3. The van der Waals surface area contributed by atoms with E-state index in [1.165, 1.54) is 6.42 Å². The van der Waals surface area contributed by atoms with Crippen molar-refractivity contribution in [3.05, 3.63) is 72.3 Å². The number of unbranched alkanes of at least 4 members (excludes halogenated alkanes) is 2. The van der Waals surface area contributed by atoms with Crippen LogP contribution in [0.3, 0.4) is 0 Å². The first-order chi connectivity index (χ1) is 13.1. The molecule has 2 aromatic rings. The zero-order valence-corrected chi connectivity index (χ0v) is 16.2. The first-order valence-corrected chi connectivity index (χ1v) is 9.63. The van der Waals surface area contributed by atoms with Crippen LogP contribution in [0.5, 0.6) is 5.75 Å². The van der Waals surface area contributed by atoms with Gasteiger partial charge in [0.1, 0.15) is 11.4 Å². The predicted molar refractivity (Wildman–Crippen MR) is 110 cm³/mol. The van der Waals surface area contributed by atoms with E-state index in [4.69, 9.17) is 4.74 Å². The monoisotopic (exact) mass is 364 g/mol. The number of nitrogens with one attached hydrogen (secondary N) is 1. The first-order valence-electron chi connectivity index (χ1n) is 9.63. The van der Waals surface area contributed by atoms with Gasteiger partial charge in [-0.3, -0.25) is 4.79 Å². The van der Waals surface area contributed by atoms with Crippen molar-refractivity contribution in [2.75, 3.05) is 18.5 Å². The van der Waals surface area contributed by atoms with Crippen LogP contribution in [-0.4, -0.2) is 24.0 Å². The second-order valence-electron chi connectivity index (χ2n) is 7.03. The van der Waals surface area contributed by atoms with Gasteiger partial charge in [-0.05, 0) is 37.6 Å². The molecule has 1 heterocycles. The molecule has 0 saturated carbocycles. The maximum atomic E-state index is 13.1. The summed E-state index contributed by atoms with van der Waals surface area (Å²) in [6, 6.07) is 15.6. The molecular weight excluding hydrogens is 336 g/mol. The molecule has 4 nitrogen and oxygen atoms in total. The standard InChI is InChI=1S/C23H28N2O2/c1-4-6-9-16-27-19-12-10-11-18(17-19)23(3)24-21-14-8-7-13-20(21)22(26)25(23)15-5-2/h5,7-8,10-14,17,24H,2,4,6,9,15-16H2,1,3H3. The molecule has 1 atom stereocenters. The Morgan fingerprint density at radius 3 is 2.78 bits per heavy atom. The van der Waals surface area contributed by atoms with Crippen molar-refractivity contribution in [1.29, 1.82) is 0 Å².